The van der Waals surface area contributed by atoms with Gasteiger partial charge in [0.15, 0.2) is 5.75 Å². The zero-order valence-corrected chi connectivity index (χ0v) is 16.6. The molecule has 0 amide bonds. The number of nitrogens with zero attached hydrogens (tertiary/aromatic N) is 2. The topological polar surface area (TPSA) is 46.5 Å². The van der Waals surface area contributed by atoms with Crippen LogP contribution in [-0.2, 0) is 0 Å². The Bertz CT molecular complexity index is 900. The highest BCUT2D eigenvalue weighted by molar-refractivity contribution is 7.14. The summed E-state index contributed by atoms with van der Waals surface area (Å²) in [7, 11) is 0. The van der Waals surface area contributed by atoms with Gasteiger partial charge in [-0.15, -0.1) is 11.3 Å². The first-order chi connectivity index (χ1) is 12.6. The molecule has 1 heterocycles. The van der Waals surface area contributed by atoms with Gasteiger partial charge in [0.25, 0.3) is 0 Å². The number of hydrazone groups is 1. The summed E-state index contributed by atoms with van der Waals surface area (Å²) in [6.45, 7) is 4.44. The van der Waals surface area contributed by atoms with Crippen LogP contribution in [0.15, 0.2) is 46.9 Å². The number of aryl methyl sites for hydroxylation is 1. The predicted molar refractivity (Wildman–Crippen MR) is 111 cm³/mol. The number of thiazole rings is 1. The largest absolute Gasteiger partial charge is 0.491 e. The van der Waals surface area contributed by atoms with Crippen molar-refractivity contribution in [1.29, 1.82) is 0 Å². The van der Waals surface area contributed by atoms with Gasteiger partial charge in [-0.3, -0.25) is 5.43 Å². The number of nitrogens with one attached hydrogen (secondary N) is 1. The summed E-state index contributed by atoms with van der Waals surface area (Å²) in [4.78, 5) is 4.54. The molecule has 7 heteroatoms. The molecule has 3 rings (SSSR count). The van der Waals surface area contributed by atoms with Gasteiger partial charge in [-0.05, 0) is 31.5 Å². The van der Waals surface area contributed by atoms with E-state index in [2.05, 4.69) is 46.7 Å². The standard InChI is InChI=1S/C19H17Cl2N3OS/c1-3-25-18-15(20)8-13(9-16(18)21)10-22-24-19-23-17(11-26-19)14-6-4-12(2)5-7-14/h4-11H,3H2,1-2H3,(H,23,24)/b22-10-. The highest BCUT2D eigenvalue weighted by atomic mass is 35.5. The Morgan fingerprint density at radius 1 is 1.19 bits per heavy atom. The Hall–Kier alpha value is -2.08. The maximum Gasteiger partial charge on any atom is 0.203 e. The third kappa shape index (κ3) is 4.55. The maximum atomic E-state index is 6.19. The van der Waals surface area contributed by atoms with E-state index in [0.717, 1.165) is 16.8 Å². The summed E-state index contributed by atoms with van der Waals surface area (Å²) in [6, 6.07) is 11.8. The summed E-state index contributed by atoms with van der Waals surface area (Å²) in [5.41, 5.74) is 6.92. The van der Waals surface area contributed by atoms with Crippen LogP contribution < -0.4 is 10.2 Å². The van der Waals surface area contributed by atoms with E-state index in [1.54, 1.807) is 18.3 Å². The molecule has 0 unspecified atom stereocenters. The van der Waals surface area contributed by atoms with E-state index in [-0.39, 0.29) is 0 Å². The first kappa shape index (κ1) is 18.7. The lowest BCUT2D eigenvalue weighted by Crippen LogP contribution is -1.95. The Kier molecular flexibility index (Phi) is 6.14. The van der Waals surface area contributed by atoms with Gasteiger partial charge in [-0.25, -0.2) is 4.98 Å². The molecule has 0 aliphatic heterocycles. The smallest absolute Gasteiger partial charge is 0.203 e. The third-order valence-electron chi connectivity index (χ3n) is 3.53. The minimum Gasteiger partial charge on any atom is -0.491 e. The normalized spacial score (nSPS) is 11.1. The van der Waals surface area contributed by atoms with E-state index >= 15 is 0 Å². The van der Waals surface area contributed by atoms with E-state index in [1.165, 1.54) is 16.9 Å². The Labute approximate surface area is 166 Å². The van der Waals surface area contributed by atoms with Gasteiger partial charge in [-0.2, -0.15) is 5.10 Å². The van der Waals surface area contributed by atoms with Crippen molar-refractivity contribution in [2.45, 2.75) is 13.8 Å². The first-order valence-corrected chi connectivity index (χ1v) is 9.64. The molecule has 0 atom stereocenters. The fraction of sp³-hybridized carbons (Fsp3) is 0.158. The lowest BCUT2D eigenvalue weighted by atomic mass is 10.1. The Morgan fingerprint density at radius 2 is 1.88 bits per heavy atom. The highest BCUT2D eigenvalue weighted by Crippen LogP contribution is 2.33. The summed E-state index contributed by atoms with van der Waals surface area (Å²) in [6.07, 6.45) is 1.64. The molecule has 134 valence electrons. The molecule has 26 heavy (non-hydrogen) atoms. The lowest BCUT2D eigenvalue weighted by Gasteiger charge is -2.08. The lowest BCUT2D eigenvalue weighted by molar-refractivity contribution is 0.340. The van der Waals surface area contributed by atoms with Crippen LogP contribution in [0.3, 0.4) is 0 Å². The van der Waals surface area contributed by atoms with Crippen molar-refractivity contribution in [2.24, 2.45) is 5.10 Å². The van der Waals surface area contributed by atoms with Gasteiger partial charge in [0.1, 0.15) is 0 Å². The Balaban J connectivity index is 1.68. The monoisotopic (exact) mass is 405 g/mol. The number of benzene rings is 2. The third-order valence-corrected chi connectivity index (χ3v) is 4.84. The minimum absolute atomic E-state index is 0.455. The van der Waals surface area contributed by atoms with Crippen LogP contribution in [0, 0.1) is 6.92 Å². The molecule has 0 fully saturated rings. The van der Waals surface area contributed by atoms with Crippen molar-refractivity contribution in [3.05, 3.63) is 63.0 Å². The second-order valence-corrected chi connectivity index (χ2v) is 7.19. The number of ether oxygens (including phenoxy) is 1. The number of halogens is 2. The SMILES string of the molecule is CCOc1c(Cl)cc(/C=N\Nc2nc(-c3ccc(C)cc3)cs2)cc1Cl. The van der Waals surface area contributed by atoms with Crippen LogP contribution in [0.5, 0.6) is 5.75 Å². The zero-order chi connectivity index (χ0) is 18.5. The van der Waals surface area contributed by atoms with Gasteiger partial charge in [0.2, 0.25) is 5.13 Å². The van der Waals surface area contributed by atoms with Crippen molar-refractivity contribution < 1.29 is 4.74 Å². The van der Waals surface area contributed by atoms with E-state index in [0.29, 0.717) is 27.5 Å². The van der Waals surface area contributed by atoms with Gasteiger partial charge in [-0.1, -0.05) is 53.0 Å². The summed E-state index contributed by atoms with van der Waals surface area (Å²) >= 11 is 13.9. The molecule has 4 nitrogen and oxygen atoms in total. The second-order valence-electron chi connectivity index (χ2n) is 5.52. The fourth-order valence-corrected chi connectivity index (χ4v) is 3.56. The van der Waals surface area contributed by atoms with E-state index in [9.17, 15) is 0 Å². The minimum atomic E-state index is 0.455. The van der Waals surface area contributed by atoms with Crippen molar-refractivity contribution in [2.75, 3.05) is 12.0 Å². The molecule has 0 aliphatic carbocycles. The van der Waals surface area contributed by atoms with Crippen molar-refractivity contribution in [3.63, 3.8) is 0 Å². The van der Waals surface area contributed by atoms with E-state index < -0.39 is 0 Å². The zero-order valence-electron chi connectivity index (χ0n) is 14.3. The van der Waals surface area contributed by atoms with Crippen LogP contribution in [-0.4, -0.2) is 17.8 Å². The van der Waals surface area contributed by atoms with Gasteiger partial charge in [0, 0.05) is 10.9 Å². The maximum absolute atomic E-state index is 6.19. The van der Waals surface area contributed by atoms with Crippen LogP contribution >= 0.6 is 34.5 Å². The molecule has 0 radical (unpaired) electrons. The van der Waals surface area contributed by atoms with Crippen LogP contribution in [0.25, 0.3) is 11.3 Å². The van der Waals surface area contributed by atoms with Crippen LogP contribution in [0.1, 0.15) is 18.1 Å². The van der Waals surface area contributed by atoms with Crippen molar-refractivity contribution in [3.8, 4) is 17.0 Å². The molecule has 0 spiro atoms. The van der Waals surface area contributed by atoms with Crippen LogP contribution in [0.2, 0.25) is 10.0 Å². The number of rotatable bonds is 6. The summed E-state index contributed by atoms with van der Waals surface area (Å²) in [5.74, 6) is 0.489. The molecule has 0 bridgehead atoms. The quantitative estimate of drug-likeness (QED) is 0.388. The molecule has 0 saturated carbocycles. The van der Waals surface area contributed by atoms with Gasteiger partial charge >= 0.3 is 0 Å². The molecule has 1 N–H and O–H groups in total. The average Bonchev–Trinajstić information content (AvgIpc) is 3.08. The fourth-order valence-electron chi connectivity index (χ4n) is 2.28. The van der Waals surface area contributed by atoms with Crippen molar-refractivity contribution >= 4 is 45.9 Å². The molecule has 3 aromatic rings. The van der Waals surface area contributed by atoms with E-state index in [4.69, 9.17) is 27.9 Å². The number of hydrogen-bond acceptors (Lipinski definition) is 5. The predicted octanol–water partition coefficient (Wildman–Crippen LogP) is 6.27. The van der Waals surface area contributed by atoms with Crippen molar-refractivity contribution in [1.82, 2.24) is 4.98 Å². The average molecular weight is 406 g/mol. The summed E-state index contributed by atoms with van der Waals surface area (Å²) in [5, 5.41) is 7.82. The molecule has 0 aliphatic rings. The molecular weight excluding hydrogens is 389 g/mol. The second kappa shape index (κ2) is 8.54. The van der Waals surface area contributed by atoms with Crippen LogP contribution in [0.4, 0.5) is 5.13 Å². The van der Waals surface area contributed by atoms with E-state index in [1.807, 2.05) is 12.3 Å². The summed E-state index contributed by atoms with van der Waals surface area (Å²) < 4.78 is 5.42. The molecule has 1 aromatic heterocycles. The first-order valence-electron chi connectivity index (χ1n) is 8.00. The van der Waals surface area contributed by atoms with Gasteiger partial charge in [0.05, 0.1) is 28.6 Å². The number of hydrogen-bond donors (Lipinski definition) is 1. The number of anilines is 1. The number of aromatic nitrogens is 1. The highest BCUT2D eigenvalue weighted by Gasteiger charge is 2.08. The Morgan fingerprint density at radius 3 is 2.54 bits per heavy atom. The van der Waals surface area contributed by atoms with Gasteiger partial charge < -0.3 is 4.74 Å². The molecule has 0 saturated heterocycles. The molecular formula is C19H17Cl2N3OS. The molecule has 2 aromatic carbocycles.